The zero-order valence-electron chi connectivity index (χ0n) is 22.4. The molecule has 2 aromatic carbocycles. The van der Waals surface area contributed by atoms with Gasteiger partial charge in [0.15, 0.2) is 0 Å². The van der Waals surface area contributed by atoms with Crippen LogP contribution in [0.4, 0.5) is 18.9 Å². The van der Waals surface area contributed by atoms with Crippen molar-refractivity contribution < 1.29 is 27.9 Å². The highest BCUT2D eigenvalue weighted by Crippen LogP contribution is 2.52. The molecule has 1 aliphatic carbocycles. The Bertz CT molecular complexity index is 1240. The number of hydrogen-bond donors (Lipinski definition) is 1. The molecular formula is C28H34ClF3N4O3S. The van der Waals surface area contributed by atoms with Crippen LogP contribution >= 0.6 is 25.1 Å². The van der Waals surface area contributed by atoms with Crippen molar-refractivity contribution in [2.24, 2.45) is 5.41 Å². The summed E-state index contributed by atoms with van der Waals surface area (Å²) in [6, 6.07) is 12.4. The van der Waals surface area contributed by atoms with Crippen LogP contribution in [0.2, 0.25) is 5.02 Å². The number of piperazine rings is 1. The molecule has 2 aromatic rings. The van der Waals surface area contributed by atoms with Gasteiger partial charge in [-0.3, -0.25) is 14.5 Å². The van der Waals surface area contributed by atoms with E-state index in [0.29, 0.717) is 16.6 Å². The van der Waals surface area contributed by atoms with Gasteiger partial charge in [-0.2, -0.15) is 26.7 Å². The molecule has 1 N–H and O–H groups in total. The number of rotatable bonds is 5. The van der Waals surface area contributed by atoms with E-state index in [2.05, 4.69) is 9.80 Å². The van der Waals surface area contributed by atoms with E-state index in [1.165, 1.54) is 23.1 Å². The van der Waals surface area contributed by atoms with E-state index in [1.807, 2.05) is 12.1 Å². The minimum Gasteiger partial charge on any atom is -0.369 e. The standard InChI is InChI=1S/C28H32ClF3N4O3.H2S/c1-33(2)24(37)22-9-8-20(14-23(22)29)34-10-12-35(13-11-34)21-15-26(16-21)17-36(18-26)25(38)27(39,28(30,31)32)19-6-4-3-5-7-19;/h3-9,14,21,39H,10-13,15-18H2,1-2H3;1H2/t27-;/m0./s1. The molecule has 12 heteroatoms. The fourth-order valence-corrected chi connectivity index (χ4v) is 6.40. The predicted octanol–water partition coefficient (Wildman–Crippen LogP) is 3.72. The van der Waals surface area contributed by atoms with Crippen molar-refractivity contribution in [3.05, 3.63) is 64.7 Å². The van der Waals surface area contributed by atoms with E-state index in [0.717, 1.165) is 61.7 Å². The number of anilines is 1. The number of aliphatic hydroxyl groups is 1. The third kappa shape index (κ3) is 5.29. The lowest BCUT2D eigenvalue weighted by molar-refractivity contribution is -0.267. The lowest BCUT2D eigenvalue weighted by atomic mass is 9.59. The van der Waals surface area contributed by atoms with Crippen LogP contribution in [0.15, 0.2) is 48.5 Å². The summed E-state index contributed by atoms with van der Waals surface area (Å²) in [6.45, 7) is 3.71. The van der Waals surface area contributed by atoms with Gasteiger partial charge in [0.05, 0.1) is 10.6 Å². The molecule has 218 valence electrons. The number of halogens is 4. The summed E-state index contributed by atoms with van der Waals surface area (Å²) in [5, 5.41) is 11.0. The lowest BCUT2D eigenvalue weighted by Gasteiger charge is -2.62. The van der Waals surface area contributed by atoms with Gasteiger partial charge in [0.25, 0.3) is 17.4 Å². The number of carbonyl (C=O) groups excluding carboxylic acids is 2. The Morgan fingerprint density at radius 3 is 2.12 bits per heavy atom. The first kappa shape index (κ1) is 30.5. The highest BCUT2D eigenvalue weighted by atomic mass is 35.5. The maximum absolute atomic E-state index is 13.9. The molecule has 2 saturated heterocycles. The van der Waals surface area contributed by atoms with Crippen molar-refractivity contribution in [1.29, 1.82) is 0 Å². The zero-order valence-corrected chi connectivity index (χ0v) is 24.2. The van der Waals surface area contributed by atoms with Gasteiger partial charge in [0.2, 0.25) is 0 Å². The van der Waals surface area contributed by atoms with Crippen LogP contribution in [0, 0.1) is 5.41 Å². The van der Waals surface area contributed by atoms with Crippen LogP contribution < -0.4 is 4.90 Å². The molecule has 7 nitrogen and oxygen atoms in total. The zero-order chi connectivity index (χ0) is 28.2. The Balaban J connectivity index is 0.00000370. The molecule has 1 atom stereocenters. The number of likely N-dealkylation sites (tertiary alicyclic amines) is 1. The molecule has 1 saturated carbocycles. The number of carbonyl (C=O) groups is 2. The minimum absolute atomic E-state index is 0. The van der Waals surface area contributed by atoms with E-state index in [-0.39, 0.29) is 37.9 Å². The van der Waals surface area contributed by atoms with Crippen molar-refractivity contribution in [1.82, 2.24) is 14.7 Å². The van der Waals surface area contributed by atoms with Crippen LogP contribution in [-0.2, 0) is 10.4 Å². The Kier molecular flexibility index (Phi) is 8.44. The fourth-order valence-electron chi connectivity index (χ4n) is 6.14. The third-order valence-corrected chi connectivity index (χ3v) is 8.69. The second-order valence-corrected chi connectivity index (χ2v) is 11.6. The van der Waals surface area contributed by atoms with Crippen LogP contribution in [-0.4, -0.2) is 97.2 Å². The van der Waals surface area contributed by atoms with Crippen molar-refractivity contribution in [3.8, 4) is 0 Å². The quantitative estimate of drug-likeness (QED) is 0.568. The van der Waals surface area contributed by atoms with Gasteiger partial charge in [-0.1, -0.05) is 41.9 Å². The summed E-state index contributed by atoms with van der Waals surface area (Å²) in [7, 11) is 3.37. The van der Waals surface area contributed by atoms with Crippen molar-refractivity contribution >= 4 is 42.6 Å². The Morgan fingerprint density at radius 2 is 1.60 bits per heavy atom. The monoisotopic (exact) mass is 598 g/mol. The average molecular weight is 599 g/mol. The number of benzene rings is 2. The maximum Gasteiger partial charge on any atom is 0.430 e. The fraction of sp³-hybridized carbons (Fsp3) is 0.500. The van der Waals surface area contributed by atoms with Crippen LogP contribution in [0.3, 0.4) is 0 Å². The number of nitrogens with zero attached hydrogens (tertiary/aromatic N) is 4. The molecule has 2 amide bonds. The van der Waals surface area contributed by atoms with Crippen molar-refractivity contribution in [2.45, 2.75) is 30.7 Å². The van der Waals surface area contributed by atoms with Gasteiger partial charge in [-0.05, 0) is 31.0 Å². The topological polar surface area (TPSA) is 67.3 Å². The predicted molar refractivity (Wildman–Crippen MR) is 152 cm³/mol. The first-order valence-corrected chi connectivity index (χ1v) is 13.4. The summed E-state index contributed by atoms with van der Waals surface area (Å²) in [5.41, 5.74) is -2.76. The molecule has 1 spiro atoms. The molecule has 40 heavy (non-hydrogen) atoms. The summed E-state index contributed by atoms with van der Waals surface area (Å²) in [6.07, 6.45) is -3.48. The summed E-state index contributed by atoms with van der Waals surface area (Å²) < 4.78 is 41.7. The highest BCUT2D eigenvalue weighted by Gasteiger charge is 2.65. The Hall–Kier alpha value is -2.47. The SMILES string of the molecule is CN(C)C(=O)c1ccc(N2CCN(C3CC4(C3)CN(C(=O)[C@@](O)(c3ccccc3)C(F)(F)F)C4)CC2)cc1Cl.S. The molecule has 0 bridgehead atoms. The maximum atomic E-state index is 13.9. The van der Waals surface area contributed by atoms with Gasteiger partial charge in [0.1, 0.15) is 0 Å². The Morgan fingerprint density at radius 1 is 1.00 bits per heavy atom. The van der Waals surface area contributed by atoms with Gasteiger partial charge in [-0.15, -0.1) is 0 Å². The molecule has 3 aliphatic rings. The molecule has 0 unspecified atom stereocenters. The first-order valence-electron chi connectivity index (χ1n) is 13.0. The van der Waals surface area contributed by atoms with Gasteiger partial charge < -0.3 is 19.8 Å². The van der Waals surface area contributed by atoms with Crippen molar-refractivity contribution in [3.63, 3.8) is 0 Å². The smallest absolute Gasteiger partial charge is 0.369 e. The van der Waals surface area contributed by atoms with Crippen LogP contribution in [0.25, 0.3) is 0 Å². The number of hydrogen-bond acceptors (Lipinski definition) is 5. The van der Waals surface area contributed by atoms with Gasteiger partial charge in [0, 0.05) is 76.1 Å². The molecule has 3 fully saturated rings. The van der Waals surface area contributed by atoms with E-state index < -0.39 is 23.2 Å². The first-order chi connectivity index (χ1) is 18.3. The summed E-state index contributed by atoms with van der Waals surface area (Å²) in [5.74, 6) is -1.45. The molecule has 5 rings (SSSR count). The molecule has 2 heterocycles. The van der Waals surface area contributed by atoms with Gasteiger partial charge in [-0.25, -0.2) is 0 Å². The summed E-state index contributed by atoms with van der Waals surface area (Å²) >= 11 is 6.38. The van der Waals surface area contributed by atoms with E-state index in [9.17, 15) is 27.9 Å². The molecule has 0 radical (unpaired) electrons. The largest absolute Gasteiger partial charge is 0.430 e. The number of alkyl halides is 3. The Labute approximate surface area is 243 Å². The van der Waals surface area contributed by atoms with E-state index >= 15 is 0 Å². The highest BCUT2D eigenvalue weighted by molar-refractivity contribution is 7.59. The van der Waals surface area contributed by atoms with Crippen LogP contribution in [0.5, 0.6) is 0 Å². The van der Waals surface area contributed by atoms with Gasteiger partial charge >= 0.3 is 6.18 Å². The lowest BCUT2D eigenvalue weighted by Crippen LogP contribution is -2.71. The van der Waals surface area contributed by atoms with Crippen LogP contribution in [0.1, 0.15) is 28.8 Å². The second-order valence-electron chi connectivity index (χ2n) is 11.2. The third-order valence-electron chi connectivity index (χ3n) is 8.37. The average Bonchev–Trinajstić information content (AvgIpc) is 2.86. The van der Waals surface area contributed by atoms with E-state index in [1.54, 1.807) is 20.2 Å². The molecular weight excluding hydrogens is 565 g/mol. The van der Waals surface area contributed by atoms with E-state index in [4.69, 9.17) is 11.6 Å². The molecule has 0 aromatic heterocycles. The molecule has 2 aliphatic heterocycles. The second kappa shape index (κ2) is 11.1. The van der Waals surface area contributed by atoms with Crippen molar-refractivity contribution in [2.75, 3.05) is 58.3 Å². The normalized spacial score (nSPS) is 20.7. The minimum atomic E-state index is -5.12. The number of amides is 2. The summed E-state index contributed by atoms with van der Waals surface area (Å²) in [4.78, 5) is 32.4.